The lowest BCUT2D eigenvalue weighted by atomic mass is 10.1. The Balaban J connectivity index is 0.000000531. The zero-order valence-corrected chi connectivity index (χ0v) is 11.1. The first-order valence-corrected chi connectivity index (χ1v) is 5.74. The summed E-state index contributed by atoms with van der Waals surface area (Å²) in [7, 11) is 1.50. The van der Waals surface area contributed by atoms with Crippen molar-refractivity contribution in [3.05, 3.63) is 34.4 Å². The van der Waals surface area contributed by atoms with Gasteiger partial charge in [-0.25, -0.2) is 0 Å². The highest BCUT2D eigenvalue weighted by molar-refractivity contribution is 9.10. The van der Waals surface area contributed by atoms with Crippen LogP contribution < -0.4 is 5.73 Å². The number of halogens is 1. The number of fused-ring (bicyclic) bond motifs is 1. The van der Waals surface area contributed by atoms with Gasteiger partial charge < -0.3 is 5.73 Å². The third kappa shape index (κ3) is 2.71. The normalized spacial score (nSPS) is 9.67. The molecule has 1 heterocycles. The number of aryl methyl sites for hydroxylation is 1. The highest BCUT2D eigenvalue weighted by atomic mass is 79.9. The van der Waals surface area contributed by atoms with E-state index in [2.05, 4.69) is 52.3 Å². The van der Waals surface area contributed by atoms with Gasteiger partial charge in [-0.1, -0.05) is 15.9 Å². The van der Waals surface area contributed by atoms with Crippen molar-refractivity contribution >= 4 is 39.5 Å². The Morgan fingerprint density at radius 1 is 1.33 bits per heavy atom. The first kappa shape index (κ1) is 12.5. The average molecular weight is 285 g/mol. The molecule has 0 spiro atoms. The van der Waals surface area contributed by atoms with E-state index in [-0.39, 0.29) is 0 Å². The molecule has 80 valence electrons. The van der Waals surface area contributed by atoms with Gasteiger partial charge in [-0.15, -0.1) is 12.6 Å². The fraction of sp³-hybridized carbons (Fsp3) is 0.182. The van der Waals surface area contributed by atoms with Crippen LogP contribution in [0.2, 0.25) is 0 Å². The highest BCUT2D eigenvalue weighted by Crippen LogP contribution is 2.24. The maximum atomic E-state index is 4.50. The summed E-state index contributed by atoms with van der Waals surface area (Å²) >= 11 is 7.77. The molecule has 0 fully saturated rings. The summed E-state index contributed by atoms with van der Waals surface area (Å²) in [4.78, 5) is 5.22. The summed E-state index contributed by atoms with van der Waals surface area (Å²) < 4.78 is 1.07. The Morgan fingerprint density at radius 2 is 2.00 bits per heavy atom. The van der Waals surface area contributed by atoms with E-state index in [1.807, 2.05) is 12.1 Å². The van der Waals surface area contributed by atoms with Crippen molar-refractivity contribution < 1.29 is 0 Å². The van der Waals surface area contributed by atoms with E-state index in [0.29, 0.717) is 0 Å². The molecule has 2 rings (SSSR count). The fourth-order valence-corrected chi connectivity index (χ4v) is 1.83. The van der Waals surface area contributed by atoms with E-state index in [1.54, 1.807) is 6.20 Å². The molecule has 0 aliphatic rings. The summed E-state index contributed by atoms with van der Waals surface area (Å²) in [6.07, 6.45) is 1.79. The van der Waals surface area contributed by atoms with E-state index in [1.165, 1.54) is 12.6 Å². The van der Waals surface area contributed by atoms with Crippen LogP contribution in [0.25, 0.3) is 10.9 Å². The molecule has 1 aromatic carbocycles. The largest absolute Gasteiger partial charge is 0.333 e. The number of hydrogen-bond acceptors (Lipinski definition) is 3. The molecule has 0 saturated carbocycles. The number of nitrogens with two attached hydrogens (primary N) is 1. The van der Waals surface area contributed by atoms with Crippen LogP contribution in [-0.2, 0) is 0 Å². The van der Waals surface area contributed by atoms with Crippen LogP contribution in [-0.4, -0.2) is 12.0 Å². The van der Waals surface area contributed by atoms with Gasteiger partial charge in [0.05, 0.1) is 5.52 Å². The van der Waals surface area contributed by atoms with Crippen molar-refractivity contribution in [3.8, 4) is 0 Å². The van der Waals surface area contributed by atoms with Gasteiger partial charge in [-0.2, -0.15) is 0 Å². The lowest BCUT2D eigenvalue weighted by molar-refractivity contribution is 1.24. The summed E-state index contributed by atoms with van der Waals surface area (Å²) in [5.41, 5.74) is 6.69. The van der Waals surface area contributed by atoms with Crippen molar-refractivity contribution in [2.24, 2.45) is 5.73 Å². The van der Waals surface area contributed by atoms with Gasteiger partial charge >= 0.3 is 0 Å². The van der Waals surface area contributed by atoms with Gasteiger partial charge in [-0.05, 0) is 37.7 Å². The first-order valence-electron chi connectivity index (χ1n) is 4.50. The summed E-state index contributed by atoms with van der Waals surface area (Å²) in [5, 5.41) is 1.15. The molecule has 0 aliphatic heterocycles. The van der Waals surface area contributed by atoms with Gasteiger partial charge in [0.2, 0.25) is 0 Å². The number of pyridine rings is 1. The number of aromatic nitrogens is 1. The molecule has 2 nitrogen and oxygen atoms in total. The maximum Gasteiger partial charge on any atom is 0.0706 e. The molecular formula is C11H13BrN2S. The lowest BCUT2D eigenvalue weighted by Gasteiger charge is -2.03. The van der Waals surface area contributed by atoms with Gasteiger partial charge in [0, 0.05) is 21.0 Å². The summed E-state index contributed by atoms with van der Waals surface area (Å²) in [6.45, 7) is 2.05. The van der Waals surface area contributed by atoms with E-state index in [0.717, 1.165) is 20.3 Å². The number of hydrogen-bond donors (Lipinski definition) is 2. The number of rotatable bonds is 0. The maximum absolute atomic E-state index is 4.50. The number of benzene rings is 1. The minimum Gasteiger partial charge on any atom is -0.333 e. The topological polar surface area (TPSA) is 38.9 Å². The van der Waals surface area contributed by atoms with Gasteiger partial charge in [0.25, 0.3) is 0 Å². The Labute approximate surface area is 103 Å². The SMILES string of the molecule is CN.Cc1c(S)cnc2ccc(Br)cc12. The summed E-state index contributed by atoms with van der Waals surface area (Å²) in [5.74, 6) is 0. The molecule has 0 saturated heterocycles. The van der Waals surface area contributed by atoms with E-state index >= 15 is 0 Å². The molecule has 4 heteroatoms. The first-order chi connectivity index (χ1) is 7.18. The second-order valence-corrected chi connectivity index (χ2v) is 4.33. The van der Waals surface area contributed by atoms with Crippen molar-refractivity contribution in [2.75, 3.05) is 7.05 Å². The molecular weight excluding hydrogens is 272 g/mol. The van der Waals surface area contributed by atoms with Crippen LogP contribution in [0, 0.1) is 6.92 Å². The zero-order chi connectivity index (χ0) is 11.4. The van der Waals surface area contributed by atoms with Crippen molar-refractivity contribution in [2.45, 2.75) is 11.8 Å². The van der Waals surface area contributed by atoms with Crippen molar-refractivity contribution in [3.63, 3.8) is 0 Å². The standard InChI is InChI=1S/C10H8BrNS.CH5N/c1-6-8-4-7(11)2-3-9(8)12-5-10(6)13;1-2/h2-5,13H,1H3;2H2,1H3. The molecule has 0 amide bonds. The second-order valence-electron chi connectivity index (χ2n) is 2.93. The Bertz CT molecular complexity index is 466. The highest BCUT2D eigenvalue weighted by Gasteiger charge is 2.01. The second kappa shape index (κ2) is 5.49. The van der Waals surface area contributed by atoms with Gasteiger partial charge in [0.1, 0.15) is 0 Å². The summed E-state index contributed by atoms with van der Waals surface area (Å²) in [6, 6.07) is 6.06. The number of thiol groups is 1. The van der Waals surface area contributed by atoms with Crippen LogP contribution in [0.5, 0.6) is 0 Å². The molecule has 2 N–H and O–H groups in total. The zero-order valence-electron chi connectivity index (χ0n) is 8.66. The Morgan fingerprint density at radius 3 is 2.67 bits per heavy atom. The third-order valence-electron chi connectivity index (χ3n) is 2.07. The smallest absolute Gasteiger partial charge is 0.0706 e. The quantitative estimate of drug-likeness (QED) is 0.730. The van der Waals surface area contributed by atoms with Crippen LogP contribution in [0.15, 0.2) is 33.8 Å². The molecule has 0 unspecified atom stereocenters. The Hall–Kier alpha value is -0.580. The van der Waals surface area contributed by atoms with Crippen molar-refractivity contribution in [1.82, 2.24) is 4.98 Å². The molecule has 0 bridgehead atoms. The van der Waals surface area contributed by atoms with Crippen LogP contribution >= 0.6 is 28.6 Å². The molecule has 0 atom stereocenters. The molecule has 15 heavy (non-hydrogen) atoms. The fourth-order valence-electron chi connectivity index (χ4n) is 1.29. The van der Waals surface area contributed by atoms with E-state index in [4.69, 9.17) is 0 Å². The monoisotopic (exact) mass is 284 g/mol. The van der Waals surface area contributed by atoms with Gasteiger partial charge in [0.15, 0.2) is 0 Å². The van der Waals surface area contributed by atoms with E-state index in [9.17, 15) is 0 Å². The minimum absolute atomic E-state index is 0.936. The van der Waals surface area contributed by atoms with E-state index < -0.39 is 0 Å². The Kier molecular flexibility index (Phi) is 4.57. The van der Waals surface area contributed by atoms with Crippen LogP contribution in [0.1, 0.15) is 5.56 Å². The predicted octanol–water partition coefficient (Wildman–Crippen LogP) is 3.17. The third-order valence-corrected chi connectivity index (χ3v) is 3.02. The van der Waals surface area contributed by atoms with Crippen LogP contribution in [0.4, 0.5) is 0 Å². The molecule has 2 aromatic rings. The predicted molar refractivity (Wildman–Crippen MR) is 71.5 cm³/mol. The minimum atomic E-state index is 0.936. The van der Waals surface area contributed by atoms with Crippen molar-refractivity contribution in [1.29, 1.82) is 0 Å². The molecule has 1 aromatic heterocycles. The number of nitrogens with zero attached hydrogens (tertiary/aromatic N) is 1. The van der Waals surface area contributed by atoms with Gasteiger partial charge in [-0.3, -0.25) is 4.98 Å². The van der Waals surface area contributed by atoms with Crippen LogP contribution in [0.3, 0.4) is 0 Å². The average Bonchev–Trinajstić information content (AvgIpc) is 2.27. The lowest BCUT2D eigenvalue weighted by Crippen LogP contribution is -1.84. The molecule has 0 aliphatic carbocycles. The molecule has 0 radical (unpaired) electrons.